The number of carbonyl (C=O) groups excluding carboxylic acids is 2. The van der Waals surface area contributed by atoms with E-state index in [0.717, 1.165) is 10.4 Å². The number of carboxylic acids is 1. The van der Waals surface area contributed by atoms with Crippen LogP contribution in [0.2, 0.25) is 10.0 Å². The number of hydrogen-bond acceptors (Lipinski definition) is 4. The predicted octanol–water partition coefficient (Wildman–Crippen LogP) is 4.31. The number of nitrogens with zero attached hydrogens (tertiary/aromatic N) is 2. The van der Waals surface area contributed by atoms with Crippen LogP contribution in [0.4, 0.5) is 20.2 Å². The minimum atomic E-state index is -3.25. The largest absolute Gasteiger partial charge is 0.481 e. The summed E-state index contributed by atoms with van der Waals surface area (Å²) in [7, 11) is 1.83. The summed E-state index contributed by atoms with van der Waals surface area (Å²) in [4.78, 5) is 41.4. The summed E-state index contributed by atoms with van der Waals surface area (Å²) in [6.07, 6.45) is 1.03. The fraction of sp³-hybridized carbons (Fsp3) is 0.320. The summed E-state index contributed by atoms with van der Waals surface area (Å²) in [6.45, 7) is -0.892. The van der Waals surface area contributed by atoms with E-state index in [1.54, 1.807) is 24.4 Å². The molecule has 0 radical (unpaired) electrons. The predicted molar refractivity (Wildman–Crippen MR) is 133 cm³/mol. The summed E-state index contributed by atoms with van der Waals surface area (Å²) in [5.41, 5.74) is -0.692. The molecular formula is C25H20Cl2F2N4O4. The molecular weight excluding hydrogens is 529 g/mol. The molecule has 4 heterocycles. The van der Waals surface area contributed by atoms with E-state index in [0.29, 0.717) is 11.1 Å². The number of nitrogens with one attached hydrogen (secondary N) is 2. The third-order valence-electron chi connectivity index (χ3n) is 7.79. The van der Waals surface area contributed by atoms with Crippen LogP contribution in [0.3, 0.4) is 0 Å². The minimum Gasteiger partial charge on any atom is -0.481 e. The number of halogens is 4. The van der Waals surface area contributed by atoms with Crippen molar-refractivity contribution >= 4 is 63.3 Å². The summed E-state index contributed by atoms with van der Waals surface area (Å²) in [5, 5.41) is 16.6. The molecule has 2 amide bonds. The standard InChI is InChI=1S/C25H20Cl2F2N4O4/c1-32-6-5-12-15(3-2-4-16(12)32)30-21(34)18-17-9-24(28,29)10-33(17)25(19(18)22(35)36)13-7-11(26)8-14(27)20(13)31-23(25)37/h2-8,17-19H,9-10H2,1H3,(H,30,34)(H,31,37)(H,35,36)/t17-,18+,19?,25+/m1/s1. The molecule has 37 heavy (non-hydrogen) atoms. The van der Waals surface area contributed by atoms with Gasteiger partial charge in [0.2, 0.25) is 5.91 Å². The van der Waals surface area contributed by atoms with Gasteiger partial charge in [-0.2, -0.15) is 0 Å². The number of hydrogen-bond donors (Lipinski definition) is 3. The molecule has 3 aliphatic heterocycles. The van der Waals surface area contributed by atoms with Gasteiger partial charge in [0.1, 0.15) is 11.5 Å². The van der Waals surface area contributed by atoms with Crippen molar-refractivity contribution in [3.8, 4) is 0 Å². The Bertz CT molecular complexity index is 1530. The van der Waals surface area contributed by atoms with E-state index < -0.39 is 60.1 Å². The van der Waals surface area contributed by atoms with Crippen LogP contribution in [-0.4, -0.2) is 50.9 Å². The van der Waals surface area contributed by atoms with E-state index in [1.807, 2.05) is 17.7 Å². The second kappa shape index (κ2) is 7.89. The van der Waals surface area contributed by atoms with Crippen molar-refractivity contribution in [2.45, 2.75) is 23.9 Å². The third-order valence-corrected chi connectivity index (χ3v) is 8.31. The normalized spacial score (nSPS) is 27.9. The van der Waals surface area contributed by atoms with Gasteiger partial charge < -0.3 is 20.3 Å². The van der Waals surface area contributed by atoms with Crippen molar-refractivity contribution < 1.29 is 28.3 Å². The lowest BCUT2D eigenvalue weighted by atomic mass is 9.73. The van der Waals surface area contributed by atoms with E-state index >= 15 is 0 Å². The van der Waals surface area contributed by atoms with Crippen LogP contribution in [0, 0.1) is 11.8 Å². The lowest BCUT2D eigenvalue weighted by Gasteiger charge is -2.35. The van der Waals surface area contributed by atoms with Crippen LogP contribution in [0.15, 0.2) is 42.6 Å². The molecule has 8 nitrogen and oxygen atoms in total. The fourth-order valence-corrected chi connectivity index (χ4v) is 6.97. The zero-order valence-corrected chi connectivity index (χ0v) is 20.8. The second-order valence-electron chi connectivity index (χ2n) is 9.78. The van der Waals surface area contributed by atoms with Crippen LogP contribution in [-0.2, 0) is 27.0 Å². The summed E-state index contributed by atoms with van der Waals surface area (Å²) < 4.78 is 31.6. The van der Waals surface area contributed by atoms with Crippen molar-refractivity contribution in [3.05, 3.63) is 58.2 Å². The highest BCUT2D eigenvalue weighted by atomic mass is 35.5. The van der Waals surface area contributed by atoms with Crippen molar-refractivity contribution in [3.63, 3.8) is 0 Å². The summed E-state index contributed by atoms with van der Waals surface area (Å²) in [6, 6.07) is 8.52. The Balaban J connectivity index is 1.52. The number of alkyl halides is 2. The molecule has 2 fully saturated rings. The number of aryl methyl sites for hydroxylation is 1. The maximum absolute atomic E-state index is 14.9. The van der Waals surface area contributed by atoms with Gasteiger partial charge in [-0.1, -0.05) is 29.3 Å². The highest BCUT2D eigenvalue weighted by Crippen LogP contribution is 2.61. The average Bonchev–Trinajstić information content (AvgIpc) is 3.50. The summed E-state index contributed by atoms with van der Waals surface area (Å²) >= 11 is 12.5. The van der Waals surface area contributed by atoms with Gasteiger partial charge in [0.25, 0.3) is 11.8 Å². The molecule has 6 rings (SSSR count). The highest BCUT2D eigenvalue weighted by molar-refractivity contribution is 6.38. The van der Waals surface area contributed by atoms with E-state index in [4.69, 9.17) is 23.2 Å². The average molecular weight is 549 g/mol. The molecule has 192 valence electrons. The monoisotopic (exact) mass is 548 g/mol. The maximum Gasteiger partial charge on any atom is 0.310 e. The van der Waals surface area contributed by atoms with E-state index in [2.05, 4.69) is 10.6 Å². The molecule has 3 aromatic rings. The molecule has 3 N–H and O–H groups in total. The van der Waals surface area contributed by atoms with E-state index in [-0.39, 0.29) is 21.3 Å². The van der Waals surface area contributed by atoms with Crippen LogP contribution in [0.5, 0.6) is 0 Å². The maximum atomic E-state index is 14.9. The number of carboxylic acid groups (broad SMARTS) is 1. The van der Waals surface area contributed by atoms with E-state index in [1.165, 1.54) is 12.1 Å². The number of rotatable bonds is 3. The Morgan fingerprint density at radius 3 is 2.70 bits per heavy atom. The Labute approximate surface area is 219 Å². The molecule has 12 heteroatoms. The van der Waals surface area contributed by atoms with Gasteiger partial charge in [-0.15, -0.1) is 0 Å². The number of aliphatic carboxylic acids is 1. The molecule has 0 bridgehead atoms. The molecule has 0 saturated carbocycles. The molecule has 2 aromatic carbocycles. The van der Waals surface area contributed by atoms with Gasteiger partial charge in [0.05, 0.1) is 28.9 Å². The molecule has 0 aliphatic carbocycles. The van der Waals surface area contributed by atoms with Crippen LogP contribution in [0.25, 0.3) is 10.9 Å². The smallest absolute Gasteiger partial charge is 0.310 e. The number of anilines is 2. The lowest BCUT2D eigenvalue weighted by Crippen LogP contribution is -2.54. The molecule has 2 saturated heterocycles. The molecule has 3 aliphatic rings. The van der Waals surface area contributed by atoms with Crippen molar-refractivity contribution in [2.75, 3.05) is 17.2 Å². The van der Waals surface area contributed by atoms with Gasteiger partial charge >= 0.3 is 5.97 Å². The summed E-state index contributed by atoms with van der Waals surface area (Å²) in [5.74, 6) is -9.46. The van der Waals surface area contributed by atoms with Gasteiger partial charge in [0.15, 0.2) is 0 Å². The first-order chi connectivity index (χ1) is 17.5. The Kier molecular flexibility index (Phi) is 5.15. The second-order valence-corrected chi connectivity index (χ2v) is 10.6. The van der Waals surface area contributed by atoms with Gasteiger partial charge in [-0.3, -0.25) is 19.3 Å². The number of amides is 2. The Hall–Kier alpha value is -3.21. The zero-order chi connectivity index (χ0) is 26.4. The number of aromatic nitrogens is 1. The SMILES string of the molecule is Cn1ccc2c(NC(=O)[C@@H]3C(C(=O)O)[C@@]4(C(=O)Nc5c(Cl)cc(Cl)cc54)N4CC(F)(F)C[C@H]34)cccc21. The van der Waals surface area contributed by atoms with Crippen molar-refractivity contribution in [2.24, 2.45) is 18.9 Å². The van der Waals surface area contributed by atoms with Crippen LogP contribution < -0.4 is 10.6 Å². The minimum absolute atomic E-state index is 0.0445. The van der Waals surface area contributed by atoms with Crippen LogP contribution >= 0.6 is 23.2 Å². The first kappa shape index (κ1) is 24.1. The number of carbonyl (C=O) groups is 3. The van der Waals surface area contributed by atoms with Crippen molar-refractivity contribution in [1.29, 1.82) is 0 Å². The highest BCUT2D eigenvalue weighted by Gasteiger charge is 2.74. The van der Waals surface area contributed by atoms with Crippen LogP contribution in [0.1, 0.15) is 12.0 Å². The quantitative estimate of drug-likeness (QED) is 0.452. The first-order valence-corrected chi connectivity index (χ1v) is 12.2. The first-order valence-electron chi connectivity index (χ1n) is 11.5. The molecule has 1 spiro atoms. The fourth-order valence-electron chi connectivity index (χ4n) is 6.43. The van der Waals surface area contributed by atoms with Gasteiger partial charge in [-0.05, 0) is 30.3 Å². The third kappa shape index (κ3) is 3.25. The topological polar surface area (TPSA) is 104 Å². The van der Waals surface area contributed by atoms with Crippen molar-refractivity contribution in [1.82, 2.24) is 9.47 Å². The number of benzene rings is 2. The Morgan fingerprint density at radius 1 is 1.22 bits per heavy atom. The van der Waals surface area contributed by atoms with E-state index in [9.17, 15) is 28.3 Å². The van der Waals surface area contributed by atoms with Gasteiger partial charge in [0, 0.05) is 47.2 Å². The number of fused-ring (bicyclic) bond motifs is 5. The molecule has 4 atom stereocenters. The lowest BCUT2D eigenvalue weighted by molar-refractivity contribution is -0.153. The zero-order valence-electron chi connectivity index (χ0n) is 19.3. The Morgan fingerprint density at radius 2 is 1.97 bits per heavy atom. The van der Waals surface area contributed by atoms with Gasteiger partial charge in [-0.25, -0.2) is 8.78 Å². The molecule has 1 aromatic heterocycles. The molecule has 1 unspecified atom stereocenters.